The standard InChI is InChI=1S/C39H34BrN3O/c1-26-16-17-28(25-43(2)3)22-30(26)24-37(44)29-20-18-27(19-21-29)23-38-41-36-15-9-7-13-34(36)39(42-38)33-12-5-4-10-31(33)32-11-6-8-14-35(32)40/h4-22H,23-25H2,1-3H3. The van der Waals surface area contributed by atoms with Crippen molar-refractivity contribution in [3.8, 4) is 22.4 Å². The maximum atomic E-state index is 13.3. The number of nitrogens with zero attached hydrogens (tertiary/aromatic N) is 3. The summed E-state index contributed by atoms with van der Waals surface area (Å²) in [6, 6.07) is 39.2. The number of halogens is 1. The number of hydrogen-bond donors (Lipinski definition) is 0. The van der Waals surface area contributed by atoms with Crippen LogP contribution in [0.15, 0.2) is 120 Å². The van der Waals surface area contributed by atoms with Crippen LogP contribution in [0.25, 0.3) is 33.3 Å². The molecule has 0 aliphatic carbocycles. The highest BCUT2D eigenvalue weighted by atomic mass is 79.9. The van der Waals surface area contributed by atoms with Crippen molar-refractivity contribution in [2.24, 2.45) is 0 Å². The zero-order valence-electron chi connectivity index (χ0n) is 25.2. The summed E-state index contributed by atoms with van der Waals surface area (Å²) in [7, 11) is 4.11. The smallest absolute Gasteiger partial charge is 0.167 e. The van der Waals surface area contributed by atoms with E-state index in [2.05, 4.69) is 109 Å². The zero-order valence-corrected chi connectivity index (χ0v) is 26.8. The second kappa shape index (κ2) is 13.0. The molecule has 0 saturated heterocycles. The number of benzene rings is 5. The molecule has 4 nitrogen and oxygen atoms in total. The molecule has 5 aromatic carbocycles. The van der Waals surface area contributed by atoms with Crippen molar-refractivity contribution >= 4 is 32.6 Å². The lowest BCUT2D eigenvalue weighted by Crippen LogP contribution is -2.12. The van der Waals surface area contributed by atoms with Crippen LogP contribution in [-0.4, -0.2) is 34.7 Å². The number of Topliss-reactive ketones (excluding diaryl/α,β-unsaturated/α-hetero) is 1. The molecule has 1 heterocycles. The van der Waals surface area contributed by atoms with Gasteiger partial charge in [-0.3, -0.25) is 4.79 Å². The molecule has 218 valence electrons. The van der Waals surface area contributed by atoms with Gasteiger partial charge in [0.15, 0.2) is 5.78 Å². The lowest BCUT2D eigenvalue weighted by molar-refractivity contribution is 0.0992. The van der Waals surface area contributed by atoms with Crippen LogP contribution in [0.1, 0.15) is 38.4 Å². The van der Waals surface area contributed by atoms with Crippen LogP contribution in [-0.2, 0) is 19.4 Å². The monoisotopic (exact) mass is 639 g/mol. The van der Waals surface area contributed by atoms with E-state index in [0.29, 0.717) is 18.4 Å². The number of aryl methyl sites for hydroxylation is 1. The first-order valence-electron chi connectivity index (χ1n) is 14.8. The molecule has 44 heavy (non-hydrogen) atoms. The molecule has 0 N–H and O–H groups in total. The minimum absolute atomic E-state index is 0.120. The van der Waals surface area contributed by atoms with E-state index in [-0.39, 0.29) is 5.78 Å². The molecule has 0 bridgehead atoms. The number of carbonyl (C=O) groups is 1. The largest absolute Gasteiger partial charge is 0.305 e. The van der Waals surface area contributed by atoms with E-state index in [4.69, 9.17) is 9.97 Å². The first-order chi connectivity index (χ1) is 21.4. The summed E-state index contributed by atoms with van der Waals surface area (Å²) in [6.45, 7) is 2.92. The molecule has 0 unspecified atom stereocenters. The van der Waals surface area contributed by atoms with Gasteiger partial charge in [-0.2, -0.15) is 0 Å². The van der Waals surface area contributed by atoms with Gasteiger partial charge in [-0.25, -0.2) is 9.97 Å². The highest BCUT2D eigenvalue weighted by Gasteiger charge is 2.16. The molecule has 1 aromatic heterocycles. The number of fused-ring (bicyclic) bond motifs is 1. The van der Waals surface area contributed by atoms with E-state index < -0.39 is 0 Å². The van der Waals surface area contributed by atoms with Gasteiger partial charge in [-0.15, -0.1) is 0 Å². The Hall–Kier alpha value is -4.45. The third-order valence-electron chi connectivity index (χ3n) is 7.90. The van der Waals surface area contributed by atoms with E-state index >= 15 is 0 Å². The Morgan fingerprint density at radius 2 is 1.39 bits per heavy atom. The second-order valence-electron chi connectivity index (χ2n) is 11.5. The van der Waals surface area contributed by atoms with Crippen LogP contribution in [0.3, 0.4) is 0 Å². The quantitative estimate of drug-likeness (QED) is 0.148. The van der Waals surface area contributed by atoms with Crippen molar-refractivity contribution in [1.82, 2.24) is 14.9 Å². The number of aromatic nitrogens is 2. The summed E-state index contributed by atoms with van der Waals surface area (Å²) in [5.41, 5.74) is 10.3. The normalized spacial score (nSPS) is 11.3. The fourth-order valence-corrected chi connectivity index (χ4v) is 6.16. The third-order valence-corrected chi connectivity index (χ3v) is 8.59. The maximum absolute atomic E-state index is 13.3. The van der Waals surface area contributed by atoms with Crippen molar-refractivity contribution in [3.63, 3.8) is 0 Å². The molecule has 0 radical (unpaired) electrons. The number of hydrogen-bond acceptors (Lipinski definition) is 4. The SMILES string of the molecule is Cc1ccc(CN(C)C)cc1CC(=O)c1ccc(Cc2nc(-c3ccccc3-c3ccccc3Br)c3ccccc3n2)cc1. The van der Waals surface area contributed by atoms with Gasteiger partial charge in [0, 0.05) is 40.4 Å². The van der Waals surface area contributed by atoms with Crippen LogP contribution in [0, 0.1) is 6.92 Å². The summed E-state index contributed by atoms with van der Waals surface area (Å²) in [5, 5.41) is 1.02. The fraction of sp³-hybridized carbons (Fsp3) is 0.154. The Balaban J connectivity index is 1.28. The molecule has 5 heteroatoms. The molecular weight excluding hydrogens is 606 g/mol. The first-order valence-corrected chi connectivity index (χ1v) is 15.6. The lowest BCUT2D eigenvalue weighted by atomic mass is 9.95. The molecule has 0 amide bonds. The van der Waals surface area contributed by atoms with Crippen LogP contribution in [0.5, 0.6) is 0 Å². The molecule has 0 saturated carbocycles. The number of para-hydroxylation sites is 1. The van der Waals surface area contributed by atoms with Crippen molar-refractivity contribution in [3.05, 3.63) is 153 Å². The van der Waals surface area contributed by atoms with Crippen molar-refractivity contribution < 1.29 is 4.79 Å². The van der Waals surface area contributed by atoms with E-state index in [0.717, 1.165) is 66.8 Å². The van der Waals surface area contributed by atoms with Gasteiger partial charge in [-0.1, -0.05) is 119 Å². The lowest BCUT2D eigenvalue weighted by Gasteiger charge is -2.14. The Morgan fingerprint density at radius 3 is 2.14 bits per heavy atom. The van der Waals surface area contributed by atoms with Gasteiger partial charge >= 0.3 is 0 Å². The van der Waals surface area contributed by atoms with Gasteiger partial charge in [0.25, 0.3) is 0 Å². The predicted octanol–water partition coefficient (Wildman–Crippen LogP) is 9.11. The summed E-state index contributed by atoms with van der Waals surface area (Å²) in [4.78, 5) is 25.5. The van der Waals surface area contributed by atoms with Gasteiger partial charge in [0.2, 0.25) is 0 Å². The molecule has 0 fully saturated rings. The minimum Gasteiger partial charge on any atom is -0.305 e. The highest BCUT2D eigenvalue weighted by Crippen LogP contribution is 2.37. The molecule has 0 atom stereocenters. The summed E-state index contributed by atoms with van der Waals surface area (Å²) in [5.74, 6) is 0.864. The Bertz CT molecular complexity index is 1960. The van der Waals surface area contributed by atoms with Crippen molar-refractivity contribution in [2.75, 3.05) is 14.1 Å². The molecule has 6 aromatic rings. The highest BCUT2D eigenvalue weighted by molar-refractivity contribution is 9.10. The third kappa shape index (κ3) is 6.54. The summed E-state index contributed by atoms with van der Waals surface area (Å²) >= 11 is 3.74. The van der Waals surface area contributed by atoms with E-state index in [9.17, 15) is 4.79 Å². The van der Waals surface area contributed by atoms with Crippen molar-refractivity contribution in [1.29, 1.82) is 0 Å². The van der Waals surface area contributed by atoms with Crippen molar-refractivity contribution in [2.45, 2.75) is 26.3 Å². The van der Waals surface area contributed by atoms with Crippen LogP contribution in [0.4, 0.5) is 0 Å². The Labute approximate surface area is 267 Å². The average Bonchev–Trinajstić information content (AvgIpc) is 3.02. The van der Waals surface area contributed by atoms with Crippen LogP contribution < -0.4 is 0 Å². The number of ketones is 1. The average molecular weight is 641 g/mol. The van der Waals surface area contributed by atoms with Gasteiger partial charge in [0.05, 0.1) is 11.2 Å². The molecular formula is C39H34BrN3O. The second-order valence-corrected chi connectivity index (χ2v) is 12.4. The van der Waals surface area contributed by atoms with Gasteiger partial charge in [-0.05, 0) is 66.5 Å². The number of rotatable bonds is 9. The zero-order chi connectivity index (χ0) is 30.6. The van der Waals surface area contributed by atoms with Crippen LogP contribution >= 0.6 is 15.9 Å². The molecule has 6 rings (SSSR count). The van der Waals surface area contributed by atoms with Gasteiger partial charge < -0.3 is 4.90 Å². The predicted molar refractivity (Wildman–Crippen MR) is 184 cm³/mol. The van der Waals surface area contributed by atoms with E-state index in [1.54, 1.807) is 0 Å². The molecule has 0 spiro atoms. The minimum atomic E-state index is 0.120. The molecule has 0 aliphatic heterocycles. The van der Waals surface area contributed by atoms with E-state index in [1.165, 1.54) is 5.56 Å². The fourth-order valence-electron chi connectivity index (χ4n) is 5.66. The molecule has 0 aliphatic rings. The maximum Gasteiger partial charge on any atom is 0.167 e. The summed E-state index contributed by atoms with van der Waals surface area (Å²) < 4.78 is 1.04. The topological polar surface area (TPSA) is 46.1 Å². The van der Waals surface area contributed by atoms with E-state index in [1.807, 2.05) is 48.5 Å². The Morgan fingerprint density at radius 1 is 0.727 bits per heavy atom. The first kappa shape index (κ1) is 29.6. The summed E-state index contributed by atoms with van der Waals surface area (Å²) in [6.07, 6.45) is 0.954. The number of carbonyl (C=O) groups excluding carboxylic acids is 1. The van der Waals surface area contributed by atoms with Crippen LogP contribution in [0.2, 0.25) is 0 Å². The van der Waals surface area contributed by atoms with Gasteiger partial charge in [0.1, 0.15) is 5.82 Å². The Kier molecular flexibility index (Phi) is 8.78.